The molecule has 0 aromatic carbocycles. The van der Waals surface area contributed by atoms with Crippen LogP contribution in [0, 0.1) is 0 Å². The maximum atomic E-state index is 12.0. The van der Waals surface area contributed by atoms with Gasteiger partial charge in [0.05, 0.1) is 6.42 Å². The summed E-state index contributed by atoms with van der Waals surface area (Å²) in [5.74, 6) is -1.40. The molecule has 0 aliphatic heterocycles. The SMILES string of the molecule is CCC(CC)(CC(=O)O)NC(=O)CCNC(=O)c1ccsc1. The van der Waals surface area contributed by atoms with Crippen LogP contribution in [0.15, 0.2) is 16.8 Å². The van der Waals surface area contributed by atoms with E-state index in [9.17, 15) is 14.4 Å². The molecule has 2 amide bonds. The number of nitrogens with one attached hydrogen (secondary N) is 2. The van der Waals surface area contributed by atoms with Crippen LogP contribution in [0.1, 0.15) is 49.9 Å². The molecule has 6 nitrogen and oxygen atoms in total. The van der Waals surface area contributed by atoms with E-state index in [-0.39, 0.29) is 31.2 Å². The third-order valence-corrected chi connectivity index (χ3v) is 4.35. The summed E-state index contributed by atoms with van der Waals surface area (Å²) >= 11 is 1.43. The van der Waals surface area contributed by atoms with Crippen molar-refractivity contribution in [1.29, 1.82) is 0 Å². The summed E-state index contributed by atoms with van der Waals surface area (Å²) in [7, 11) is 0. The minimum Gasteiger partial charge on any atom is -0.481 e. The summed E-state index contributed by atoms with van der Waals surface area (Å²) in [6.07, 6.45) is 1.11. The minimum absolute atomic E-state index is 0.104. The fourth-order valence-electron chi connectivity index (χ4n) is 2.15. The van der Waals surface area contributed by atoms with Crippen molar-refractivity contribution in [1.82, 2.24) is 10.6 Å². The number of hydrogen-bond acceptors (Lipinski definition) is 4. The number of hydrogen-bond donors (Lipinski definition) is 3. The fraction of sp³-hybridized carbons (Fsp3) is 0.533. The zero-order valence-corrected chi connectivity index (χ0v) is 13.7. The van der Waals surface area contributed by atoms with Crippen LogP contribution in [0.2, 0.25) is 0 Å². The predicted octanol–water partition coefficient (Wildman–Crippen LogP) is 2.02. The summed E-state index contributed by atoms with van der Waals surface area (Å²) in [6, 6.07) is 1.71. The molecule has 0 saturated carbocycles. The van der Waals surface area contributed by atoms with Gasteiger partial charge in [-0.1, -0.05) is 13.8 Å². The minimum atomic E-state index is -0.935. The molecule has 1 rings (SSSR count). The second-order valence-electron chi connectivity index (χ2n) is 5.12. The summed E-state index contributed by atoms with van der Waals surface area (Å²) < 4.78 is 0. The van der Waals surface area contributed by atoms with Crippen molar-refractivity contribution in [2.75, 3.05) is 6.54 Å². The molecule has 1 aromatic rings. The van der Waals surface area contributed by atoms with Gasteiger partial charge in [0.25, 0.3) is 5.91 Å². The van der Waals surface area contributed by atoms with Crippen molar-refractivity contribution in [3.63, 3.8) is 0 Å². The van der Waals surface area contributed by atoms with Crippen LogP contribution in [0.3, 0.4) is 0 Å². The quantitative estimate of drug-likeness (QED) is 0.647. The van der Waals surface area contributed by atoms with Crippen LogP contribution in [-0.2, 0) is 9.59 Å². The number of rotatable bonds is 9. The molecule has 122 valence electrons. The Morgan fingerprint density at radius 2 is 1.95 bits per heavy atom. The second-order valence-corrected chi connectivity index (χ2v) is 5.90. The number of carboxylic acid groups (broad SMARTS) is 1. The highest BCUT2D eigenvalue weighted by atomic mass is 32.1. The van der Waals surface area contributed by atoms with Gasteiger partial charge in [0.2, 0.25) is 5.91 Å². The van der Waals surface area contributed by atoms with Crippen molar-refractivity contribution in [2.24, 2.45) is 0 Å². The molecular weight excluding hydrogens is 304 g/mol. The molecule has 0 aliphatic carbocycles. The lowest BCUT2D eigenvalue weighted by Gasteiger charge is -2.31. The van der Waals surface area contributed by atoms with Gasteiger partial charge in [0.1, 0.15) is 0 Å². The maximum absolute atomic E-state index is 12.0. The zero-order chi connectivity index (χ0) is 16.6. The molecule has 0 saturated heterocycles. The van der Waals surface area contributed by atoms with Crippen LogP contribution in [0.5, 0.6) is 0 Å². The Bertz CT molecular complexity index is 510. The lowest BCUT2D eigenvalue weighted by molar-refractivity contribution is -0.139. The van der Waals surface area contributed by atoms with Crippen LogP contribution < -0.4 is 10.6 Å². The number of thiophene rings is 1. The normalized spacial score (nSPS) is 11.0. The molecule has 0 spiro atoms. The third-order valence-electron chi connectivity index (χ3n) is 3.67. The molecule has 1 heterocycles. The molecule has 1 aromatic heterocycles. The fourth-order valence-corrected chi connectivity index (χ4v) is 2.79. The second kappa shape index (κ2) is 8.53. The summed E-state index contributed by atoms with van der Waals surface area (Å²) in [4.78, 5) is 34.6. The van der Waals surface area contributed by atoms with Crippen molar-refractivity contribution in [2.45, 2.75) is 45.1 Å². The zero-order valence-electron chi connectivity index (χ0n) is 12.8. The predicted molar refractivity (Wildman–Crippen MR) is 85.0 cm³/mol. The highest BCUT2D eigenvalue weighted by molar-refractivity contribution is 7.08. The Morgan fingerprint density at radius 3 is 2.45 bits per heavy atom. The molecule has 7 heteroatoms. The first-order valence-corrected chi connectivity index (χ1v) is 8.20. The number of carboxylic acids is 1. The lowest BCUT2D eigenvalue weighted by Crippen LogP contribution is -2.49. The smallest absolute Gasteiger partial charge is 0.305 e. The standard InChI is InChI=1S/C15H22N2O4S/c1-3-15(4-2,9-13(19)20)17-12(18)5-7-16-14(21)11-6-8-22-10-11/h6,8,10H,3-5,7,9H2,1-2H3,(H,16,21)(H,17,18)(H,19,20). The average molecular weight is 326 g/mol. The average Bonchev–Trinajstić information content (AvgIpc) is 3.00. The van der Waals surface area contributed by atoms with Crippen molar-refractivity contribution in [3.05, 3.63) is 22.4 Å². The van der Waals surface area contributed by atoms with Crippen LogP contribution in [-0.4, -0.2) is 35.0 Å². The molecular formula is C15H22N2O4S. The van der Waals surface area contributed by atoms with Gasteiger partial charge in [-0.3, -0.25) is 14.4 Å². The highest BCUT2D eigenvalue weighted by Gasteiger charge is 2.30. The van der Waals surface area contributed by atoms with E-state index in [1.165, 1.54) is 11.3 Å². The van der Waals surface area contributed by atoms with Crippen molar-refractivity contribution in [3.8, 4) is 0 Å². The molecule has 0 unspecified atom stereocenters. The topological polar surface area (TPSA) is 95.5 Å². The summed E-state index contributed by atoms with van der Waals surface area (Å²) in [5.41, 5.74) is -0.145. The Labute approximate surface area is 133 Å². The van der Waals surface area contributed by atoms with Crippen LogP contribution >= 0.6 is 11.3 Å². The number of amides is 2. The first-order chi connectivity index (χ1) is 10.4. The molecule has 22 heavy (non-hydrogen) atoms. The van der Waals surface area contributed by atoms with E-state index in [1.807, 2.05) is 19.2 Å². The van der Waals surface area contributed by atoms with Crippen LogP contribution in [0.25, 0.3) is 0 Å². The van der Waals surface area contributed by atoms with E-state index in [2.05, 4.69) is 10.6 Å². The van der Waals surface area contributed by atoms with Gasteiger partial charge in [0, 0.05) is 29.4 Å². The molecule has 0 atom stereocenters. The number of aliphatic carboxylic acids is 1. The lowest BCUT2D eigenvalue weighted by atomic mass is 9.89. The molecule has 3 N–H and O–H groups in total. The van der Waals surface area contributed by atoms with Gasteiger partial charge in [-0.25, -0.2) is 0 Å². The van der Waals surface area contributed by atoms with Gasteiger partial charge >= 0.3 is 5.97 Å². The van der Waals surface area contributed by atoms with E-state index in [4.69, 9.17) is 5.11 Å². The van der Waals surface area contributed by atoms with Gasteiger partial charge < -0.3 is 15.7 Å². The molecule has 0 aliphatic rings. The van der Waals surface area contributed by atoms with E-state index < -0.39 is 11.5 Å². The number of carbonyl (C=O) groups is 3. The van der Waals surface area contributed by atoms with Gasteiger partial charge in [-0.15, -0.1) is 0 Å². The van der Waals surface area contributed by atoms with E-state index in [1.54, 1.807) is 11.4 Å². The highest BCUT2D eigenvalue weighted by Crippen LogP contribution is 2.20. The van der Waals surface area contributed by atoms with Gasteiger partial charge in [-0.05, 0) is 24.3 Å². The molecule has 0 fully saturated rings. The molecule has 0 radical (unpaired) electrons. The Balaban J connectivity index is 2.44. The summed E-state index contributed by atoms with van der Waals surface area (Å²) in [5, 5.41) is 18.0. The van der Waals surface area contributed by atoms with E-state index in [0.717, 1.165) is 0 Å². The number of carbonyl (C=O) groups excluding carboxylic acids is 2. The van der Waals surface area contributed by atoms with Gasteiger partial charge in [0.15, 0.2) is 0 Å². The van der Waals surface area contributed by atoms with E-state index in [0.29, 0.717) is 18.4 Å². The third kappa shape index (κ3) is 5.48. The van der Waals surface area contributed by atoms with Crippen molar-refractivity contribution < 1.29 is 19.5 Å². The Morgan fingerprint density at radius 1 is 1.27 bits per heavy atom. The first kappa shape index (κ1) is 18.2. The summed E-state index contributed by atoms with van der Waals surface area (Å²) in [6.45, 7) is 3.92. The largest absolute Gasteiger partial charge is 0.481 e. The Hall–Kier alpha value is -1.89. The van der Waals surface area contributed by atoms with Gasteiger partial charge in [-0.2, -0.15) is 11.3 Å². The van der Waals surface area contributed by atoms with Crippen LogP contribution in [0.4, 0.5) is 0 Å². The molecule has 0 bridgehead atoms. The first-order valence-electron chi connectivity index (χ1n) is 7.25. The van der Waals surface area contributed by atoms with Crippen molar-refractivity contribution >= 4 is 29.1 Å². The monoisotopic (exact) mass is 326 g/mol. The Kier molecular flexibility index (Phi) is 7.04. The maximum Gasteiger partial charge on any atom is 0.305 e. The van der Waals surface area contributed by atoms with E-state index >= 15 is 0 Å².